The van der Waals surface area contributed by atoms with E-state index >= 15 is 0 Å². The zero-order chi connectivity index (χ0) is 26.4. The van der Waals surface area contributed by atoms with Crippen molar-refractivity contribution in [2.75, 3.05) is 0 Å². The van der Waals surface area contributed by atoms with E-state index in [-0.39, 0.29) is 46.8 Å². The molecule has 1 saturated heterocycles. The molecule has 3 N–H and O–H groups in total. The van der Waals surface area contributed by atoms with Crippen LogP contribution in [0.25, 0.3) is 0 Å². The van der Waals surface area contributed by atoms with Gasteiger partial charge < -0.3 is 24.8 Å². The Morgan fingerprint density at radius 3 is 2.47 bits per heavy atom. The summed E-state index contributed by atoms with van der Waals surface area (Å²) in [6.07, 6.45) is 5.51. The molecule has 5 aliphatic rings. The number of fused-ring (bicyclic) bond motifs is 1. The Morgan fingerprint density at radius 2 is 1.83 bits per heavy atom. The van der Waals surface area contributed by atoms with Crippen molar-refractivity contribution >= 4 is 17.5 Å². The van der Waals surface area contributed by atoms with Crippen molar-refractivity contribution in [1.82, 2.24) is 0 Å². The molecule has 0 aromatic heterocycles. The van der Waals surface area contributed by atoms with Crippen molar-refractivity contribution in [2.24, 2.45) is 11.8 Å². The molecular weight excluding hydrogens is 464 g/mol. The molecule has 4 bridgehead atoms. The van der Waals surface area contributed by atoms with Gasteiger partial charge in [0, 0.05) is 41.0 Å². The molecule has 8 nitrogen and oxygen atoms in total. The van der Waals surface area contributed by atoms with E-state index in [9.17, 15) is 29.7 Å². The second-order valence-corrected chi connectivity index (χ2v) is 11.0. The third-order valence-corrected chi connectivity index (χ3v) is 8.18. The summed E-state index contributed by atoms with van der Waals surface area (Å²) >= 11 is 0. The monoisotopic (exact) mass is 494 g/mol. The molecule has 1 aromatic rings. The molecule has 6 rings (SSSR count). The Morgan fingerprint density at radius 1 is 1.14 bits per heavy atom. The van der Waals surface area contributed by atoms with Gasteiger partial charge in [0.1, 0.15) is 22.8 Å². The van der Waals surface area contributed by atoms with Crippen LogP contribution < -0.4 is 4.74 Å². The molecule has 190 valence electrons. The average molecular weight is 495 g/mol. The van der Waals surface area contributed by atoms with Crippen LogP contribution in [-0.4, -0.2) is 49.7 Å². The fourth-order valence-electron chi connectivity index (χ4n) is 6.52. The standard InChI is InChI=1S/C28H30O8/c1-13(2)6-7-16-18(29)12-19(30)21-22(31)17-10-15-11-20-26(4,5)36-27(24(15)32,9-8-14(3)25(33)34)28(17,20)35-23(16)21/h6,8,10,12,15,20,29-30H,7,9,11H2,1-5H3,(H,33,34)/t15-,20+,27+,28-/m1/s1. The molecule has 1 spiro atoms. The molecular formula is C28H30O8. The molecule has 0 radical (unpaired) electrons. The van der Waals surface area contributed by atoms with Crippen LogP contribution in [0, 0.1) is 11.8 Å². The lowest BCUT2D eigenvalue weighted by molar-refractivity contribution is -0.171. The van der Waals surface area contributed by atoms with Crippen LogP contribution in [0.4, 0.5) is 0 Å². The Hall–Kier alpha value is -3.39. The highest BCUT2D eigenvalue weighted by molar-refractivity contribution is 6.18. The Bertz CT molecular complexity index is 1330. The van der Waals surface area contributed by atoms with Crippen LogP contribution in [-0.2, 0) is 20.7 Å². The maximum absolute atomic E-state index is 14.0. The van der Waals surface area contributed by atoms with Crippen LogP contribution in [0.15, 0.2) is 41.0 Å². The number of ketones is 2. The van der Waals surface area contributed by atoms with Gasteiger partial charge in [-0.25, -0.2) is 4.79 Å². The molecule has 1 saturated carbocycles. The number of carbonyl (C=O) groups is 3. The van der Waals surface area contributed by atoms with E-state index in [2.05, 4.69) is 0 Å². The van der Waals surface area contributed by atoms with E-state index in [4.69, 9.17) is 9.47 Å². The first-order valence-electron chi connectivity index (χ1n) is 12.1. The highest BCUT2D eigenvalue weighted by Gasteiger charge is 2.81. The van der Waals surface area contributed by atoms with Crippen molar-refractivity contribution < 1.29 is 39.2 Å². The van der Waals surface area contributed by atoms with Crippen LogP contribution in [0.1, 0.15) is 63.4 Å². The molecule has 3 aliphatic carbocycles. The summed E-state index contributed by atoms with van der Waals surface area (Å²) < 4.78 is 13.3. The van der Waals surface area contributed by atoms with Crippen molar-refractivity contribution in [3.05, 3.63) is 52.1 Å². The number of carbonyl (C=O) groups excluding carboxylic acids is 2. The van der Waals surface area contributed by atoms with Crippen LogP contribution in [0.2, 0.25) is 0 Å². The molecule has 8 heteroatoms. The minimum absolute atomic E-state index is 0.0370. The molecule has 2 fully saturated rings. The summed E-state index contributed by atoms with van der Waals surface area (Å²) in [7, 11) is 0. The summed E-state index contributed by atoms with van der Waals surface area (Å²) in [5.41, 5.74) is -2.47. The second kappa shape index (κ2) is 7.56. The summed E-state index contributed by atoms with van der Waals surface area (Å²) in [6.45, 7) is 8.94. The lowest BCUT2D eigenvalue weighted by Crippen LogP contribution is -2.72. The smallest absolute Gasteiger partial charge is 0.330 e. The molecule has 36 heavy (non-hydrogen) atoms. The van der Waals surface area contributed by atoms with Crippen molar-refractivity contribution in [3.8, 4) is 17.2 Å². The minimum Gasteiger partial charge on any atom is -0.507 e. The maximum atomic E-state index is 14.0. The van der Waals surface area contributed by atoms with Crippen molar-refractivity contribution in [3.63, 3.8) is 0 Å². The molecule has 2 heterocycles. The minimum atomic E-state index is -1.63. The predicted octanol–water partition coefficient (Wildman–Crippen LogP) is 4.03. The largest absolute Gasteiger partial charge is 0.507 e. The molecule has 1 aromatic carbocycles. The molecule has 2 aliphatic heterocycles. The van der Waals surface area contributed by atoms with E-state index in [1.165, 1.54) is 13.0 Å². The zero-order valence-corrected chi connectivity index (χ0v) is 21.0. The van der Waals surface area contributed by atoms with E-state index in [0.29, 0.717) is 12.0 Å². The van der Waals surface area contributed by atoms with Gasteiger partial charge in [-0.05, 0) is 47.5 Å². The number of phenols is 2. The first-order valence-corrected chi connectivity index (χ1v) is 12.1. The number of carboxylic acids is 1. The van der Waals surface area contributed by atoms with Crippen LogP contribution in [0.5, 0.6) is 17.2 Å². The summed E-state index contributed by atoms with van der Waals surface area (Å²) in [5, 5.41) is 30.9. The normalized spacial score (nSPS) is 31.4. The fourth-order valence-corrected chi connectivity index (χ4v) is 6.52. The van der Waals surface area contributed by atoms with Crippen molar-refractivity contribution in [2.45, 2.75) is 70.7 Å². The Kier molecular flexibility index (Phi) is 5.10. The number of allylic oxidation sites excluding steroid dienone is 3. The first kappa shape index (κ1) is 24.3. The highest BCUT2D eigenvalue weighted by Crippen LogP contribution is 2.68. The molecule has 0 amide bonds. The van der Waals surface area contributed by atoms with Gasteiger partial charge in [-0.1, -0.05) is 23.8 Å². The van der Waals surface area contributed by atoms with E-state index in [0.717, 1.165) is 11.6 Å². The average Bonchev–Trinajstić information content (AvgIpc) is 2.94. The fraction of sp³-hybridized carbons (Fsp3) is 0.464. The molecule has 4 atom stereocenters. The van der Waals surface area contributed by atoms with Gasteiger partial charge in [0.15, 0.2) is 22.8 Å². The number of benzene rings is 1. The summed E-state index contributed by atoms with van der Waals surface area (Å²) in [5.74, 6) is -3.43. The highest BCUT2D eigenvalue weighted by atomic mass is 16.6. The lowest BCUT2D eigenvalue weighted by Gasteiger charge is -2.56. The second-order valence-electron chi connectivity index (χ2n) is 11.0. The maximum Gasteiger partial charge on any atom is 0.330 e. The number of rotatable bonds is 5. The van der Waals surface area contributed by atoms with Gasteiger partial charge in [0.2, 0.25) is 0 Å². The number of hydrogen-bond acceptors (Lipinski definition) is 7. The van der Waals surface area contributed by atoms with Crippen LogP contribution >= 0.6 is 0 Å². The number of carboxylic acid groups (broad SMARTS) is 1. The summed E-state index contributed by atoms with van der Waals surface area (Å²) in [6, 6.07) is 1.14. The third-order valence-electron chi connectivity index (χ3n) is 8.18. The van der Waals surface area contributed by atoms with Gasteiger partial charge in [-0.2, -0.15) is 0 Å². The summed E-state index contributed by atoms with van der Waals surface area (Å²) in [4.78, 5) is 39.4. The van der Waals surface area contributed by atoms with Gasteiger partial charge in [-0.3, -0.25) is 9.59 Å². The number of Topliss-reactive ketones (excluding diaryl/α,β-unsaturated/α-hetero) is 2. The van der Waals surface area contributed by atoms with Crippen molar-refractivity contribution in [1.29, 1.82) is 0 Å². The number of ether oxygens (including phenoxy) is 2. The van der Waals surface area contributed by atoms with Gasteiger partial charge in [0.05, 0.1) is 5.60 Å². The first-order chi connectivity index (χ1) is 16.8. The predicted molar refractivity (Wildman–Crippen MR) is 129 cm³/mol. The molecule has 0 unspecified atom stereocenters. The number of aliphatic carboxylic acids is 1. The van der Waals surface area contributed by atoms with E-state index in [1.807, 2.05) is 33.8 Å². The van der Waals surface area contributed by atoms with E-state index in [1.54, 1.807) is 6.08 Å². The van der Waals surface area contributed by atoms with Crippen LogP contribution in [0.3, 0.4) is 0 Å². The Labute approximate surface area is 208 Å². The number of hydrogen-bond donors (Lipinski definition) is 3. The third kappa shape index (κ3) is 2.94. The number of phenolic OH excluding ortho intramolecular Hbond substituents is 2. The quantitative estimate of drug-likeness (QED) is 0.413. The number of aromatic hydroxyl groups is 2. The van der Waals surface area contributed by atoms with Gasteiger partial charge in [-0.15, -0.1) is 0 Å². The lowest BCUT2D eigenvalue weighted by atomic mass is 9.51. The SMILES string of the molecule is CC(C)=CCc1c(O)cc(O)c2c1O[C@]13C(=C[C@@H]4C[C@H]1C(C)(C)O[C@@]3(CC=C(C)C(=O)O)C4=O)C2=O. The van der Waals surface area contributed by atoms with Gasteiger partial charge in [0.25, 0.3) is 0 Å². The topological polar surface area (TPSA) is 130 Å². The van der Waals surface area contributed by atoms with E-state index < -0.39 is 46.1 Å². The zero-order valence-electron chi connectivity index (χ0n) is 21.0. The Balaban J connectivity index is 1.79. The van der Waals surface area contributed by atoms with Gasteiger partial charge >= 0.3 is 5.97 Å².